The first-order chi connectivity index (χ1) is 8.60. The van der Waals surface area contributed by atoms with E-state index in [4.69, 9.17) is 5.11 Å². The second-order valence-electron chi connectivity index (χ2n) is 4.16. The third-order valence-electron chi connectivity index (χ3n) is 3.03. The Kier molecular flexibility index (Phi) is 3.68. The van der Waals surface area contributed by atoms with E-state index in [1.165, 1.54) is 15.9 Å². The molecule has 0 radical (unpaired) electrons. The van der Waals surface area contributed by atoms with Gasteiger partial charge in [0.05, 0.1) is 5.39 Å². The molecular weight excluding hydrogens is 252 g/mol. The first kappa shape index (κ1) is 13.0. The van der Waals surface area contributed by atoms with Gasteiger partial charge in [0, 0.05) is 18.0 Å². The Hall–Kier alpha value is -1.40. The number of aliphatic hydroxyl groups is 1. The average molecular weight is 268 g/mol. The third-order valence-corrected chi connectivity index (χ3v) is 4.09. The smallest absolute Gasteiger partial charge is 0.329 e. The minimum Gasteiger partial charge on any atom is -0.396 e. The summed E-state index contributed by atoms with van der Waals surface area (Å²) >= 11 is 1.45. The Morgan fingerprint density at radius 2 is 2.11 bits per heavy atom. The van der Waals surface area contributed by atoms with Gasteiger partial charge >= 0.3 is 5.69 Å². The molecule has 0 saturated heterocycles. The molecule has 0 bridgehead atoms. The molecule has 0 aliphatic rings. The number of nitrogens with one attached hydrogen (secondary N) is 1. The van der Waals surface area contributed by atoms with E-state index in [9.17, 15) is 9.59 Å². The summed E-state index contributed by atoms with van der Waals surface area (Å²) in [6, 6.07) is 0. The zero-order chi connectivity index (χ0) is 13.3. The van der Waals surface area contributed by atoms with Gasteiger partial charge in [0.25, 0.3) is 5.56 Å². The van der Waals surface area contributed by atoms with Gasteiger partial charge < -0.3 is 5.11 Å². The van der Waals surface area contributed by atoms with Gasteiger partial charge in [-0.2, -0.15) is 0 Å². The molecule has 98 valence electrons. The second-order valence-corrected chi connectivity index (χ2v) is 5.38. The number of aromatic amines is 1. The van der Waals surface area contributed by atoms with E-state index in [0.29, 0.717) is 16.6 Å². The van der Waals surface area contributed by atoms with Crippen LogP contribution in [0.25, 0.3) is 10.2 Å². The van der Waals surface area contributed by atoms with Crippen molar-refractivity contribution in [3.05, 3.63) is 31.3 Å². The summed E-state index contributed by atoms with van der Waals surface area (Å²) in [5.74, 6) is 0. The summed E-state index contributed by atoms with van der Waals surface area (Å²) in [6.45, 7) is 4.17. The van der Waals surface area contributed by atoms with Crippen LogP contribution in [0.5, 0.6) is 0 Å². The molecule has 0 aliphatic heterocycles. The Bertz CT molecular complexity index is 681. The van der Waals surface area contributed by atoms with Gasteiger partial charge in [0.2, 0.25) is 0 Å². The molecule has 0 spiro atoms. The minimum atomic E-state index is -0.398. The van der Waals surface area contributed by atoms with E-state index in [-0.39, 0.29) is 18.7 Å². The third kappa shape index (κ3) is 2.02. The zero-order valence-corrected chi connectivity index (χ0v) is 11.3. The quantitative estimate of drug-likeness (QED) is 0.868. The lowest BCUT2D eigenvalue weighted by molar-refractivity contribution is 0.278. The van der Waals surface area contributed by atoms with Crippen molar-refractivity contribution in [3.8, 4) is 0 Å². The van der Waals surface area contributed by atoms with Gasteiger partial charge in [-0.1, -0.05) is 6.92 Å². The Morgan fingerprint density at radius 3 is 2.72 bits per heavy atom. The highest BCUT2D eigenvalue weighted by molar-refractivity contribution is 7.18. The van der Waals surface area contributed by atoms with Crippen LogP contribution in [0.1, 0.15) is 23.8 Å². The van der Waals surface area contributed by atoms with E-state index < -0.39 is 5.69 Å². The molecular formula is C12H16N2O3S. The fourth-order valence-corrected chi connectivity index (χ4v) is 3.27. The van der Waals surface area contributed by atoms with Crippen molar-refractivity contribution in [1.82, 2.24) is 9.55 Å². The summed E-state index contributed by atoms with van der Waals surface area (Å²) in [4.78, 5) is 28.6. The number of aryl methyl sites for hydroxylation is 2. The van der Waals surface area contributed by atoms with Crippen molar-refractivity contribution >= 4 is 21.6 Å². The molecule has 0 unspecified atom stereocenters. The van der Waals surface area contributed by atoms with Crippen LogP contribution in [0.4, 0.5) is 0 Å². The molecule has 2 aromatic rings. The summed E-state index contributed by atoms with van der Waals surface area (Å²) in [6.07, 6.45) is 1.17. The van der Waals surface area contributed by atoms with Gasteiger partial charge in [0.15, 0.2) is 0 Å². The Morgan fingerprint density at radius 1 is 1.39 bits per heavy atom. The average Bonchev–Trinajstić information content (AvgIpc) is 2.64. The lowest BCUT2D eigenvalue weighted by atomic mass is 10.1. The molecule has 0 atom stereocenters. The highest BCUT2D eigenvalue weighted by Crippen LogP contribution is 2.26. The van der Waals surface area contributed by atoms with Crippen LogP contribution < -0.4 is 11.2 Å². The van der Waals surface area contributed by atoms with Gasteiger partial charge in [-0.3, -0.25) is 14.3 Å². The number of aliphatic hydroxyl groups excluding tert-OH is 1. The molecule has 2 N–H and O–H groups in total. The molecule has 5 nitrogen and oxygen atoms in total. The largest absolute Gasteiger partial charge is 0.396 e. The first-order valence-electron chi connectivity index (χ1n) is 5.96. The van der Waals surface area contributed by atoms with E-state index in [2.05, 4.69) is 4.98 Å². The SMILES string of the molecule is CCc1c(C)sc2[nH]c(=O)n(CCCO)c(=O)c12. The van der Waals surface area contributed by atoms with Crippen LogP contribution in [0.2, 0.25) is 0 Å². The summed E-state index contributed by atoms with van der Waals surface area (Å²) in [5.41, 5.74) is 0.363. The van der Waals surface area contributed by atoms with Crippen molar-refractivity contribution in [2.45, 2.75) is 33.2 Å². The van der Waals surface area contributed by atoms with Gasteiger partial charge in [-0.05, 0) is 25.3 Å². The number of aromatic nitrogens is 2. The lowest BCUT2D eigenvalue weighted by Crippen LogP contribution is -2.35. The van der Waals surface area contributed by atoms with Crippen molar-refractivity contribution in [3.63, 3.8) is 0 Å². The Balaban J connectivity index is 2.75. The predicted molar refractivity (Wildman–Crippen MR) is 72.5 cm³/mol. The maximum absolute atomic E-state index is 12.3. The van der Waals surface area contributed by atoms with Gasteiger partial charge in [-0.25, -0.2) is 4.79 Å². The maximum atomic E-state index is 12.3. The van der Waals surface area contributed by atoms with E-state index >= 15 is 0 Å². The molecule has 0 amide bonds. The van der Waals surface area contributed by atoms with E-state index in [1.54, 1.807) is 0 Å². The first-order valence-corrected chi connectivity index (χ1v) is 6.77. The summed E-state index contributed by atoms with van der Waals surface area (Å²) < 4.78 is 1.17. The second kappa shape index (κ2) is 5.07. The van der Waals surface area contributed by atoms with Crippen LogP contribution in [-0.4, -0.2) is 21.3 Å². The number of rotatable bonds is 4. The fourth-order valence-electron chi connectivity index (χ4n) is 2.14. The minimum absolute atomic E-state index is 0.0345. The van der Waals surface area contributed by atoms with Crippen molar-refractivity contribution in [2.24, 2.45) is 0 Å². The van der Waals surface area contributed by atoms with E-state index in [1.807, 2.05) is 13.8 Å². The zero-order valence-electron chi connectivity index (χ0n) is 10.4. The number of thiophene rings is 1. The highest BCUT2D eigenvalue weighted by atomic mass is 32.1. The predicted octanol–water partition coefficient (Wildman–Crippen LogP) is 1.00. The van der Waals surface area contributed by atoms with Crippen LogP contribution in [0, 0.1) is 6.92 Å². The number of nitrogens with zero attached hydrogens (tertiary/aromatic N) is 1. The number of H-pyrrole nitrogens is 1. The number of hydrogen-bond acceptors (Lipinski definition) is 4. The number of hydrogen-bond donors (Lipinski definition) is 2. The van der Waals surface area contributed by atoms with Crippen LogP contribution >= 0.6 is 11.3 Å². The molecule has 2 heterocycles. The molecule has 0 aliphatic carbocycles. The van der Waals surface area contributed by atoms with Crippen molar-refractivity contribution < 1.29 is 5.11 Å². The van der Waals surface area contributed by atoms with Crippen molar-refractivity contribution in [1.29, 1.82) is 0 Å². The van der Waals surface area contributed by atoms with E-state index in [0.717, 1.165) is 16.9 Å². The molecule has 2 rings (SSSR count). The normalized spacial score (nSPS) is 11.3. The lowest BCUT2D eigenvalue weighted by Gasteiger charge is -2.03. The molecule has 18 heavy (non-hydrogen) atoms. The summed E-state index contributed by atoms with van der Waals surface area (Å²) in [5, 5.41) is 9.42. The molecule has 2 aromatic heterocycles. The van der Waals surface area contributed by atoms with Crippen LogP contribution in [0.3, 0.4) is 0 Å². The van der Waals surface area contributed by atoms with Crippen molar-refractivity contribution in [2.75, 3.05) is 6.61 Å². The van der Waals surface area contributed by atoms with Gasteiger partial charge in [-0.15, -0.1) is 11.3 Å². The molecule has 6 heteroatoms. The van der Waals surface area contributed by atoms with Gasteiger partial charge in [0.1, 0.15) is 4.83 Å². The van der Waals surface area contributed by atoms with Crippen LogP contribution in [-0.2, 0) is 13.0 Å². The maximum Gasteiger partial charge on any atom is 0.329 e. The Labute approximate surface area is 108 Å². The fraction of sp³-hybridized carbons (Fsp3) is 0.500. The monoisotopic (exact) mass is 268 g/mol. The topological polar surface area (TPSA) is 75.1 Å². The molecule has 0 fully saturated rings. The summed E-state index contributed by atoms with van der Waals surface area (Å²) in [7, 11) is 0. The van der Waals surface area contributed by atoms with Crippen LogP contribution in [0.15, 0.2) is 9.59 Å². The number of fused-ring (bicyclic) bond motifs is 1. The molecule has 0 aromatic carbocycles. The standard InChI is InChI=1S/C12H16N2O3S/c1-3-8-7(2)18-10-9(8)11(16)14(5-4-6-15)12(17)13-10/h15H,3-6H2,1-2H3,(H,13,17). The molecule has 0 saturated carbocycles. The highest BCUT2D eigenvalue weighted by Gasteiger charge is 2.15.